The zero-order chi connectivity index (χ0) is 27.8. The molecule has 0 fully saturated rings. The number of benzene rings is 4. The zero-order valence-electron chi connectivity index (χ0n) is 22.8. The molecule has 1 atom stereocenters. The second kappa shape index (κ2) is 10.1. The number of carbonyl (C=O) groups excluding carboxylic acids is 1. The van der Waals surface area contributed by atoms with Gasteiger partial charge in [-0.3, -0.25) is 9.69 Å². The van der Waals surface area contributed by atoms with Gasteiger partial charge in [0.15, 0.2) is 5.54 Å². The molecule has 4 aromatic rings. The second-order valence-electron chi connectivity index (χ2n) is 11.2. The summed E-state index contributed by atoms with van der Waals surface area (Å²) in [4.78, 5) is 29.2. The molecule has 5 rings (SSSR count). The Morgan fingerprint density at radius 2 is 1.56 bits per heavy atom. The third-order valence-corrected chi connectivity index (χ3v) is 7.57. The van der Waals surface area contributed by atoms with Crippen LogP contribution in [0.3, 0.4) is 0 Å². The third-order valence-electron chi connectivity index (χ3n) is 7.57. The fourth-order valence-corrected chi connectivity index (χ4v) is 5.66. The van der Waals surface area contributed by atoms with Crippen LogP contribution in [0.2, 0.25) is 0 Å². The van der Waals surface area contributed by atoms with Crippen LogP contribution in [0.4, 0.5) is 5.69 Å². The first-order chi connectivity index (χ1) is 18.7. The summed E-state index contributed by atoms with van der Waals surface area (Å²) < 4.78 is 5.68. The number of amides is 1. The smallest absolute Gasteiger partial charge is 0.330 e. The lowest BCUT2D eigenvalue weighted by molar-refractivity contribution is -0.143. The fourth-order valence-electron chi connectivity index (χ4n) is 5.66. The van der Waals surface area contributed by atoms with Crippen molar-refractivity contribution in [3.63, 3.8) is 0 Å². The Morgan fingerprint density at radius 1 is 0.897 bits per heavy atom. The molecule has 0 aromatic heterocycles. The number of fused-ring (bicyclic) bond motifs is 1. The molecular weight excluding hydrogens is 486 g/mol. The van der Waals surface area contributed by atoms with Crippen LogP contribution in [-0.4, -0.2) is 29.6 Å². The molecule has 0 spiro atoms. The molecule has 1 aliphatic heterocycles. The number of hydrogen-bond donors (Lipinski definition) is 1. The number of methoxy groups -OCH3 is 1. The van der Waals surface area contributed by atoms with Gasteiger partial charge in [-0.15, -0.1) is 0 Å². The normalized spacial score (nSPS) is 16.6. The number of ether oxygens (including phenoxy) is 1. The van der Waals surface area contributed by atoms with E-state index in [4.69, 9.17) is 4.74 Å². The Kier molecular flexibility index (Phi) is 6.77. The molecule has 0 radical (unpaired) electrons. The van der Waals surface area contributed by atoms with E-state index in [-0.39, 0.29) is 24.2 Å². The van der Waals surface area contributed by atoms with Crippen molar-refractivity contribution in [3.05, 3.63) is 119 Å². The highest BCUT2D eigenvalue weighted by Gasteiger charge is 2.53. The SMILES string of the molecule is COc1cc(C(=O)N2c3cccc(-c4ccccc4)c3CC2(Cc2ccccc2)C(=O)O)ccc1C(C)(C)C. The van der Waals surface area contributed by atoms with Crippen molar-refractivity contribution in [2.75, 3.05) is 12.0 Å². The molecule has 0 saturated heterocycles. The van der Waals surface area contributed by atoms with E-state index in [0.29, 0.717) is 17.0 Å². The molecule has 4 aromatic carbocycles. The molecule has 0 bridgehead atoms. The molecule has 0 aliphatic carbocycles. The predicted octanol–water partition coefficient (Wildman–Crippen LogP) is 6.93. The van der Waals surface area contributed by atoms with Crippen LogP contribution in [0.15, 0.2) is 97.1 Å². The van der Waals surface area contributed by atoms with E-state index in [1.807, 2.05) is 84.9 Å². The molecule has 1 heterocycles. The zero-order valence-corrected chi connectivity index (χ0v) is 22.8. The van der Waals surface area contributed by atoms with Crippen molar-refractivity contribution in [1.82, 2.24) is 0 Å². The molecule has 5 nitrogen and oxygen atoms in total. The minimum absolute atomic E-state index is 0.176. The maximum absolute atomic E-state index is 14.4. The standard InChI is InChI=1S/C34H33NO4/c1-33(2,3)28-19-18-25(20-30(28)39-4)31(36)35-29-17-11-16-26(24-14-9-6-10-15-24)27(29)22-34(35,32(37)38)21-23-12-7-5-8-13-23/h5-20H,21-22H2,1-4H3,(H,37,38). The van der Waals surface area contributed by atoms with Crippen LogP contribution in [0.25, 0.3) is 11.1 Å². The molecule has 1 amide bonds. The topological polar surface area (TPSA) is 66.8 Å². The maximum atomic E-state index is 14.4. The number of rotatable bonds is 6. The van der Waals surface area contributed by atoms with Crippen LogP contribution < -0.4 is 9.64 Å². The number of carbonyl (C=O) groups is 2. The molecule has 1 unspecified atom stereocenters. The largest absolute Gasteiger partial charge is 0.496 e. The Labute approximate surface area is 229 Å². The lowest BCUT2D eigenvalue weighted by atomic mass is 9.84. The highest BCUT2D eigenvalue weighted by atomic mass is 16.5. The maximum Gasteiger partial charge on any atom is 0.330 e. The molecule has 39 heavy (non-hydrogen) atoms. The minimum atomic E-state index is -1.50. The molecule has 198 valence electrons. The first kappa shape index (κ1) is 26.2. The lowest BCUT2D eigenvalue weighted by Gasteiger charge is -2.35. The summed E-state index contributed by atoms with van der Waals surface area (Å²) in [7, 11) is 1.59. The van der Waals surface area contributed by atoms with Crippen molar-refractivity contribution in [3.8, 4) is 16.9 Å². The van der Waals surface area contributed by atoms with E-state index in [2.05, 4.69) is 20.8 Å². The van der Waals surface area contributed by atoms with Gasteiger partial charge in [0.2, 0.25) is 0 Å². The quantitative estimate of drug-likeness (QED) is 0.300. The van der Waals surface area contributed by atoms with Gasteiger partial charge in [0.1, 0.15) is 5.75 Å². The first-order valence-corrected chi connectivity index (χ1v) is 13.1. The van der Waals surface area contributed by atoms with E-state index in [9.17, 15) is 14.7 Å². The number of anilines is 1. The molecule has 5 heteroatoms. The highest BCUT2D eigenvalue weighted by molar-refractivity contribution is 6.13. The van der Waals surface area contributed by atoms with E-state index in [0.717, 1.165) is 27.8 Å². The average molecular weight is 520 g/mol. The summed E-state index contributed by atoms with van der Waals surface area (Å²) in [6.07, 6.45) is 0.371. The average Bonchev–Trinajstić information content (AvgIpc) is 3.27. The number of aliphatic carboxylic acids is 1. The van der Waals surface area contributed by atoms with Crippen molar-refractivity contribution in [2.24, 2.45) is 0 Å². The Morgan fingerprint density at radius 3 is 2.18 bits per heavy atom. The van der Waals surface area contributed by atoms with E-state index >= 15 is 0 Å². The van der Waals surface area contributed by atoms with Crippen LogP contribution in [0.5, 0.6) is 5.75 Å². The Balaban J connectivity index is 1.71. The van der Waals surface area contributed by atoms with E-state index in [1.54, 1.807) is 19.2 Å². The van der Waals surface area contributed by atoms with Gasteiger partial charge in [-0.2, -0.15) is 0 Å². The summed E-state index contributed by atoms with van der Waals surface area (Å²) in [5, 5.41) is 10.9. The molecule has 0 saturated carbocycles. The van der Waals surface area contributed by atoms with Gasteiger partial charge >= 0.3 is 5.97 Å². The van der Waals surface area contributed by atoms with E-state index in [1.165, 1.54) is 4.90 Å². The Hall–Kier alpha value is -4.38. The number of carboxylic acids is 1. The van der Waals surface area contributed by atoms with Crippen molar-refractivity contribution < 1.29 is 19.4 Å². The van der Waals surface area contributed by atoms with Gasteiger partial charge in [-0.1, -0.05) is 99.6 Å². The van der Waals surface area contributed by atoms with Crippen molar-refractivity contribution >= 4 is 17.6 Å². The van der Waals surface area contributed by atoms with Crippen LogP contribution in [-0.2, 0) is 23.1 Å². The highest BCUT2D eigenvalue weighted by Crippen LogP contribution is 2.46. The van der Waals surface area contributed by atoms with Crippen molar-refractivity contribution in [2.45, 2.75) is 44.6 Å². The van der Waals surface area contributed by atoms with Gasteiger partial charge < -0.3 is 9.84 Å². The Bertz CT molecular complexity index is 1520. The predicted molar refractivity (Wildman–Crippen MR) is 155 cm³/mol. The van der Waals surface area contributed by atoms with Gasteiger partial charge in [-0.25, -0.2) is 4.79 Å². The summed E-state index contributed by atoms with van der Waals surface area (Å²) in [5.74, 6) is -0.793. The monoisotopic (exact) mass is 519 g/mol. The summed E-state index contributed by atoms with van der Waals surface area (Å²) in [6, 6.07) is 30.6. The number of carboxylic acid groups (broad SMARTS) is 1. The summed E-state index contributed by atoms with van der Waals surface area (Å²) in [5.41, 5.74) is 3.93. The van der Waals surface area contributed by atoms with Crippen LogP contribution >= 0.6 is 0 Å². The third kappa shape index (κ3) is 4.69. The van der Waals surface area contributed by atoms with Crippen molar-refractivity contribution in [1.29, 1.82) is 0 Å². The lowest BCUT2D eigenvalue weighted by Crippen LogP contribution is -2.57. The number of hydrogen-bond acceptors (Lipinski definition) is 3. The van der Waals surface area contributed by atoms with Crippen LogP contribution in [0.1, 0.15) is 47.8 Å². The summed E-state index contributed by atoms with van der Waals surface area (Å²) >= 11 is 0. The number of nitrogens with zero attached hydrogens (tertiary/aromatic N) is 1. The molecule has 1 N–H and O–H groups in total. The fraction of sp³-hybridized carbons (Fsp3) is 0.235. The molecular formula is C34H33NO4. The van der Waals surface area contributed by atoms with E-state index < -0.39 is 11.5 Å². The van der Waals surface area contributed by atoms with Gasteiger partial charge in [-0.05, 0) is 51.4 Å². The first-order valence-electron chi connectivity index (χ1n) is 13.1. The van der Waals surface area contributed by atoms with Gasteiger partial charge in [0.25, 0.3) is 5.91 Å². The van der Waals surface area contributed by atoms with Gasteiger partial charge in [0, 0.05) is 24.1 Å². The van der Waals surface area contributed by atoms with Crippen LogP contribution in [0, 0.1) is 0 Å². The second-order valence-corrected chi connectivity index (χ2v) is 11.2. The molecule has 1 aliphatic rings. The minimum Gasteiger partial charge on any atom is -0.496 e. The van der Waals surface area contributed by atoms with Gasteiger partial charge in [0.05, 0.1) is 7.11 Å². The summed E-state index contributed by atoms with van der Waals surface area (Å²) in [6.45, 7) is 6.26.